The van der Waals surface area contributed by atoms with Gasteiger partial charge in [0.05, 0.1) is 73.9 Å². The molecule has 4 aliphatic rings. The molecule has 3 aromatic rings. The average molecular weight is 1270 g/mol. The summed E-state index contributed by atoms with van der Waals surface area (Å²) in [5.41, 5.74) is 1.50. The first-order valence-electron chi connectivity index (χ1n) is 28.8. The Balaban J connectivity index is 0.941. The minimum Gasteiger partial charge on any atom is -0.507 e. The standard InChI is InChI=1S/C61H74N8O20S/c1-7-44(74)67-28-68(45(75)8-2)30-69(29-67)46(76)18-20-90-27-43(73)66-52(31(3)4)39(71)21-34(11-10-19-63-59(62)83)58(82)64-35-16-14-33(15-17-35)26-87-60(84)65-38-22-47(88-32(5)53(38)77)89-41-24-61(85,42(72)25-70)23-37-49(41)57(81)51-50(55(37)79)54(78)36-12-9-13-40(86-6)48(36)56(51)80/h7-9,12-17,31-32,34,38,41,47,52-53,70,77,79,81,85H,1-2,10-11,18-30H2,3-6H3,(H,64,82)(H,65,84)(H,66,73)(H3,62,63,83)/t32-,34+,38-,41-,47?,52-,53-,61-/m0/s1. The van der Waals surface area contributed by atoms with Crippen LogP contribution in [-0.4, -0.2) is 193 Å². The van der Waals surface area contributed by atoms with Gasteiger partial charge in [-0.25, -0.2) is 9.59 Å². The van der Waals surface area contributed by atoms with Crippen LogP contribution in [-0.2, 0) is 60.8 Å². The van der Waals surface area contributed by atoms with Gasteiger partial charge in [-0.2, -0.15) is 11.8 Å². The maximum atomic E-state index is 14.1. The number of carbonyl (C=O) groups excluding carboxylic acids is 11. The summed E-state index contributed by atoms with van der Waals surface area (Å²) in [6.45, 7) is 10.3. The SMILES string of the molecule is C=CC(=O)N1CN(C(=O)C=C)CN(C(=O)CCSCC(=O)N[C@H](C(=O)C[C@@H](CCCNC(N)=O)C(=O)Nc2ccc(COC(=O)N[C@H]3CC(O[C@H]4C[C@](O)(C(=O)CO)Cc5c(O)c6c(c(O)c54)C(=O)c4c(OC)cccc4C6=O)O[C@@H](C)[C@@H]3O)cc2)C(C)C)C1. The van der Waals surface area contributed by atoms with E-state index in [2.05, 4.69) is 34.4 Å². The number of aromatic hydroxyl groups is 2. The number of carbonyl (C=O) groups is 11. The predicted octanol–water partition coefficient (Wildman–Crippen LogP) is 1.94. The number of primary amides is 1. The minimum absolute atomic E-state index is 0.0146. The molecule has 484 valence electrons. The summed E-state index contributed by atoms with van der Waals surface area (Å²) >= 11 is 1.13. The second-order valence-corrected chi connectivity index (χ2v) is 23.5. The number of fused-ring (bicyclic) bond motifs is 3. The summed E-state index contributed by atoms with van der Waals surface area (Å²) in [6.07, 6.45) is -5.80. The maximum Gasteiger partial charge on any atom is 0.407 e. The normalized spacial score (nSPS) is 20.9. The van der Waals surface area contributed by atoms with Crippen LogP contribution in [0.25, 0.3) is 0 Å². The Kier molecular flexibility index (Phi) is 23.1. The number of methoxy groups -OCH3 is 1. The highest BCUT2D eigenvalue weighted by molar-refractivity contribution is 7.99. The van der Waals surface area contributed by atoms with E-state index in [1.165, 1.54) is 59.1 Å². The van der Waals surface area contributed by atoms with Gasteiger partial charge >= 0.3 is 12.1 Å². The minimum atomic E-state index is -2.43. The lowest BCUT2D eigenvalue weighted by Gasteiger charge is -2.42. The first kappa shape index (κ1) is 68.7. The molecule has 2 heterocycles. The highest BCUT2D eigenvalue weighted by Gasteiger charge is 2.51. The Morgan fingerprint density at radius 1 is 0.911 bits per heavy atom. The number of ether oxygens (including phenoxy) is 4. The van der Waals surface area contributed by atoms with Crippen LogP contribution >= 0.6 is 11.8 Å². The monoisotopic (exact) mass is 1270 g/mol. The van der Waals surface area contributed by atoms with Gasteiger partial charge < -0.3 is 86.2 Å². The number of thioether (sulfide) groups is 1. The topological polar surface area (TPSA) is 410 Å². The molecule has 29 heteroatoms. The van der Waals surface area contributed by atoms with E-state index in [0.29, 0.717) is 11.3 Å². The summed E-state index contributed by atoms with van der Waals surface area (Å²) in [5.74, 6) is -8.48. The van der Waals surface area contributed by atoms with Crippen LogP contribution < -0.4 is 31.7 Å². The van der Waals surface area contributed by atoms with Crippen LogP contribution in [0, 0.1) is 11.8 Å². The number of nitrogens with two attached hydrogens (primary N) is 1. The highest BCUT2D eigenvalue weighted by Crippen LogP contribution is 2.52. The quantitative estimate of drug-likeness (QED) is 0.0244. The molecule has 3 aromatic carbocycles. The molecule has 0 spiro atoms. The number of ketones is 4. The number of benzene rings is 3. The first-order valence-corrected chi connectivity index (χ1v) is 30.0. The highest BCUT2D eigenvalue weighted by atomic mass is 32.2. The smallest absolute Gasteiger partial charge is 0.407 e. The van der Waals surface area contributed by atoms with Crippen LogP contribution in [0.1, 0.15) is 114 Å². The van der Waals surface area contributed by atoms with Crippen molar-refractivity contribution < 1.29 is 97.2 Å². The summed E-state index contributed by atoms with van der Waals surface area (Å²) in [5, 5.41) is 66.9. The summed E-state index contributed by atoms with van der Waals surface area (Å²) in [6, 6.07) is 7.45. The van der Waals surface area contributed by atoms with Crippen LogP contribution in [0.15, 0.2) is 67.8 Å². The van der Waals surface area contributed by atoms with Gasteiger partial charge in [-0.15, -0.1) is 0 Å². The van der Waals surface area contributed by atoms with Gasteiger partial charge in [0.25, 0.3) is 0 Å². The molecule has 8 atom stereocenters. The summed E-state index contributed by atoms with van der Waals surface area (Å²) < 4.78 is 23.0. The second-order valence-electron chi connectivity index (χ2n) is 22.4. The van der Waals surface area contributed by atoms with Gasteiger partial charge in [0.15, 0.2) is 23.6 Å². The van der Waals surface area contributed by atoms with Gasteiger partial charge in [-0.1, -0.05) is 51.3 Å². The molecule has 1 unspecified atom stereocenters. The molecule has 0 aromatic heterocycles. The third-order valence-electron chi connectivity index (χ3n) is 15.9. The lowest BCUT2D eigenvalue weighted by Crippen LogP contribution is -2.59. The van der Waals surface area contributed by atoms with Crippen molar-refractivity contribution in [2.45, 2.75) is 115 Å². The van der Waals surface area contributed by atoms with Gasteiger partial charge in [0.2, 0.25) is 35.3 Å². The molecular weight excluding hydrogens is 1200 g/mol. The number of Topliss-reactive ketones (excluding diaryl/α,β-unsaturated/α-hetero) is 2. The number of hydrogen-bond donors (Lipinski definition) is 10. The molecule has 0 saturated carbocycles. The molecule has 11 N–H and O–H groups in total. The van der Waals surface area contributed by atoms with E-state index >= 15 is 0 Å². The van der Waals surface area contributed by atoms with Crippen molar-refractivity contribution in [3.05, 3.63) is 107 Å². The second kappa shape index (κ2) is 30.2. The van der Waals surface area contributed by atoms with Crippen molar-refractivity contribution >= 4 is 82.2 Å². The Labute approximate surface area is 521 Å². The zero-order valence-corrected chi connectivity index (χ0v) is 50.8. The number of amides is 8. The van der Waals surface area contributed by atoms with Gasteiger partial charge in [0, 0.05) is 72.7 Å². The van der Waals surface area contributed by atoms with Crippen molar-refractivity contribution in [1.29, 1.82) is 0 Å². The van der Waals surface area contributed by atoms with Crippen LogP contribution in [0.5, 0.6) is 17.2 Å². The number of anilines is 1. The zero-order chi connectivity index (χ0) is 65.9. The van der Waals surface area contributed by atoms with E-state index < -0.39 is 155 Å². The van der Waals surface area contributed by atoms with E-state index in [9.17, 15) is 78.3 Å². The molecule has 2 aliphatic carbocycles. The van der Waals surface area contributed by atoms with Gasteiger partial charge in [-0.3, -0.25) is 43.2 Å². The van der Waals surface area contributed by atoms with E-state index in [-0.39, 0.29) is 111 Å². The van der Waals surface area contributed by atoms with Crippen molar-refractivity contribution in [3.63, 3.8) is 0 Å². The Morgan fingerprint density at radius 2 is 1.57 bits per heavy atom. The molecular formula is C61H74N8O20S. The number of phenolic OH excluding ortho intramolecular Hbond substituents is 2. The Hall–Kier alpha value is -8.74. The summed E-state index contributed by atoms with van der Waals surface area (Å²) in [4.78, 5) is 149. The molecule has 8 amide bonds. The van der Waals surface area contributed by atoms with E-state index in [1.54, 1.807) is 26.0 Å². The van der Waals surface area contributed by atoms with Crippen molar-refractivity contribution in [2.75, 3.05) is 57.1 Å². The molecule has 0 bridgehead atoms. The lowest BCUT2D eigenvalue weighted by molar-refractivity contribution is -0.249. The van der Waals surface area contributed by atoms with Crippen molar-refractivity contribution in [1.82, 2.24) is 30.7 Å². The number of rotatable bonds is 26. The number of alkyl carbamates (subject to hydrolysis) is 1. The lowest BCUT2D eigenvalue weighted by atomic mass is 9.72. The van der Waals surface area contributed by atoms with E-state index in [1.807, 2.05) is 0 Å². The van der Waals surface area contributed by atoms with Crippen LogP contribution in [0.3, 0.4) is 0 Å². The van der Waals surface area contributed by atoms with E-state index in [4.69, 9.17) is 24.7 Å². The number of nitrogens with zero attached hydrogens (tertiary/aromatic N) is 3. The Morgan fingerprint density at radius 3 is 2.19 bits per heavy atom. The molecule has 28 nitrogen and oxygen atoms in total. The van der Waals surface area contributed by atoms with E-state index in [0.717, 1.165) is 23.9 Å². The predicted molar refractivity (Wildman–Crippen MR) is 320 cm³/mol. The molecule has 2 fully saturated rings. The third-order valence-corrected chi connectivity index (χ3v) is 16.8. The largest absolute Gasteiger partial charge is 0.507 e. The molecule has 90 heavy (non-hydrogen) atoms. The van der Waals surface area contributed by atoms with Gasteiger partial charge in [0.1, 0.15) is 42.2 Å². The number of aliphatic hydroxyl groups excluding tert-OH is 2. The number of phenols is 2. The van der Waals surface area contributed by atoms with Gasteiger partial charge in [-0.05, 0) is 61.6 Å². The fourth-order valence-corrected chi connectivity index (χ4v) is 11.9. The molecule has 2 aliphatic heterocycles. The van der Waals surface area contributed by atoms with Crippen molar-refractivity contribution in [3.8, 4) is 17.2 Å². The number of aliphatic hydroxyl groups is 3. The number of urea groups is 1. The Bertz CT molecular complexity index is 3300. The molecule has 7 rings (SSSR count). The van der Waals surface area contributed by atoms with Crippen molar-refractivity contribution in [2.24, 2.45) is 17.6 Å². The number of hydrogen-bond acceptors (Lipinski definition) is 21. The summed E-state index contributed by atoms with van der Waals surface area (Å²) in [7, 11) is 1.28. The third kappa shape index (κ3) is 16.0. The van der Waals surface area contributed by atoms with Crippen LogP contribution in [0.4, 0.5) is 15.3 Å². The molecule has 0 radical (unpaired) electrons. The average Bonchev–Trinajstić information content (AvgIpc) is 0.732. The fourth-order valence-electron chi connectivity index (χ4n) is 11.1. The number of nitrogens with one attached hydrogen (secondary N) is 4. The first-order chi connectivity index (χ1) is 42.7. The zero-order valence-electron chi connectivity index (χ0n) is 50.0. The maximum absolute atomic E-state index is 14.1. The fraction of sp³-hybridized carbons (Fsp3) is 0.459. The van der Waals surface area contributed by atoms with Crippen LogP contribution in [0.2, 0.25) is 0 Å². The molecule has 2 saturated heterocycles.